The fourth-order valence-electron chi connectivity index (χ4n) is 1.53. The van der Waals surface area contributed by atoms with Crippen molar-refractivity contribution in [2.24, 2.45) is 4.99 Å². The number of hydrogen-bond donors (Lipinski definition) is 0. The molecule has 0 saturated carbocycles. The van der Waals surface area contributed by atoms with Crippen LogP contribution in [0.15, 0.2) is 35.6 Å². The van der Waals surface area contributed by atoms with Crippen molar-refractivity contribution in [3.8, 4) is 0 Å². The van der Waals surface area contributed by atoms with E-state index in [-0.39, 0.29) is 10.6 Å². The molecule has 0 bridgehead atoms. The summed E-state index contributed by atoms with van der Waals surface area (Å²) >= 11 is 11.7. The van der Waals surface area contributed by atoms with Crippen molar-refractivity contribution in [1.29, 1.82) is 0 Å². The maximum Gasteiger partial charge on any atom is 0.281 e. The molecule has 0 aliphatic rings. The molecule has 0 atom stereocenters. The van der Waals surface area contributed by atoms with Gasteiger partial charge in [-0.1, -0.05) is 29.3 Å². The van der Waals surface area contributed by atoms with Crippen molar-refractivity contribution in [2.45, 2.75) is 0 Å². The maximum atomic E-state index is 13.5. The molecular formula is C12H5Cl2F2N3O2. The van der Waals surface area contributed by atoms with E-state index in [0.717, 1.165) is 18.5 Å². The average Bonchev–Trinajstić information content (AvgIpc) is 2.42. The normalized spacial score (nSPS) is 11.5. The summed E-state index contributed by atoms with van der Waals surface area (Å²) in [4.78, 5) is 17.0. The summed E-state index contributed by atoms with van der Waals surface area (Å²) in [5.74, 6) is -2.11. The highest BCUT2D eigenvalue weighted by Gasteiger charge is 2.21. The van der Waals surface area contributed by atoms with Gasteiger partial charge in [-0.25, -0.2) is 13.8 Å². The zero-order valence-electron chi connectivity index (χ0n) is 10.1. The van der Waals surface area contributed by atoms with Gasteiger partial charge in [-0.3, -0.25) is 15.1 Å². The molecule has 0 spiro atoms. The number of pyridine rings is 1. The van der Waals surface area contributed by atoms with Gasteiger partial charge in [0.2, 0.25) is 0 Å². The number of aliphatic imine (C=N–C) groups is 1. The molecule has 0 fully saturated rings. The first-order chi connectivity index (χ1) is 9.91. The number of nitro groups is 1. The van der Waals surface area contributed by atoms with E-state index in [1.54, 1.807) is 0 Å². The molecule has 1 aromatic carbocycles. The standard InChI is InChI=1S/C12H5Cl2F2N3O2/c13-6-2-1-3-9(19(20)21)10(6)12(14)18-11-7(15)4-17-5-8(11)16/h1-5H. The Morgan fingerprint density at radius 1 is 1.29 bits per heavy atom. The molecule has 0 amide bonds. The van der Waals surface area contributed by atoms with Gasteiger partial charge in [-0.2, -0.15) is 0 Å². The van der Waals surface area contributed by atoms with Gasteiger partial charge in [0.25, 0.3) is 5.69 Å². The predicted molar refractivity (Wildman–Crippen MR) is 74.3 cm³/mol. The Morgan fingerprint density at radius 2 is 1.90 bits per heavy atom. The number of nitrogens with zero attached hydrogens (tertiary/aromatic N) is 3. The smallest absolute Gasteiger partial charge is 0.258 e. The van der Waals surface area contributed by atoms with E-state index < -0.39 is 33.1 Å². The third-order valence-corrected chi connectivity index (χ3v) is 3.02. The lowest BCUT2D eigenvalue weighted by molar-refractivity contribution is -0.385. The van der Waals surface area contributed by atoms with Crippen molar-refractivity contribution in [2.75, 3.05) is 0 Å². The summed E-state index contributed by atoms with van der Waals surface area (Å²) in [7, 11) is 0. The van der Waals surface area contributed by atoms with Gasteiger partial charge in [-0.05, 0) is 6.07 Å². The molecule has 0 aliphatic carbocycles. The number of hydrogen-bond acceptors (Lipinski definition) is 4. The number of halogens is 4. The Kier molecular flexibility index (Phi) is 4.44. The summed E-state index contributed by atoms with van der Waals surface area (Å²) in [5.41, 5.74) is -1.35. The van der Waals surface area contributed by atoms with Crippen LogP contribution in [-0.4, -0.2) is 15.1 Å². The van der Waals surface area contributed by atoms with Crippen molar-refractivity contribution < 1.29 is 13.7 Å². The van der Waals surface area contributed by atoms with Gasteiger partial charge in [0.1, 0.15) is 16.4 Å². The first-order valence-electron chi connectivity index (χ1n) is 5.38. The lowest BCUT2D eigenvalue weighted by Gasteiger charge is -2.04. The highest BCUT2D eigenvalue weighted by molar-refractivity contribution is 6.71. The van der Waals surface area contributed by atoms with E-state index in [1.807, 2.05) is 0 Å². The van der Waals surface area contributed by atoms with E-state index >= 15 is 0 Å². The first kappa shape index (κ1) is 15.3. The minimum atomic E-state index is -1.05. The quantitative estimate of drug-likeness (QED) is 0.480. The molecule has 9 heteroatoms. The maximum absolute atomic E-state index is 13.5. The zero-order valence-corrected chi connectivity index (χ0v) is 11.6. The Morgan fingerprint density at radius 3 is 2.48 bits per heavy atom. The van der Waals surface area contributed by atoms with Crippen molar-refractivity contribution in [1.82, 2.24) is 4.98 Å². The SMILES string of the molecule is O=[N+]([O-])c1cccc(Cl)c1C(Cl)=Nc1c(F)cncc1F. The Balaban J connectivity index is 2.62. The molecule has 0 saturated heterocycles. The molecule has 2 rings (SSSR count). The van der Waals surface area contributed by atoms with Gasteiger partial charge in [0.05, 0.1) is 22.3 Å². The van der Waals surface area contributed by atoms with Crippen molar-refractivity contribution >= 4 is 39.7 Å². The number of nitro benzene ring substituents is 1. The van der Waals surface area contributed by atoms with Crippen LogP contribution in [-0.2, 0) is 0 Å². The summed E-state index contributed by atoms with van der Waals surface area (Å²) in [6, 6.07) is 3.85. The molecule has 0 N–H and O–H groups in total. The van der Waals surface area contributed by atoms with Crippen LogP contribution in [0.2, 0.25) is 5.02 Å². The average molecular weight is 332 g/mol. The Hall–Kier alpha value is -2.12. The molecule has 1 aromatic heterocycles. The minimum absolute atomic E-state index is 0.0622. The molecule has 0 aliphatic heterocycles. The number of aromatic nitrogens is 1. The van der Waals surface area contributed by atoms with E-state index in [9.17, 15) is 18.9 Å². The van der Waals surface area contributed by atoms with Crippen LogP contribution in [0.25, 0.3) is 0 Å². The molecule has 5 nitrogen and oxygen atoms in total. The van der Waals surface area contributed by atoms with Gasteiger partial charge < -0.3 is 0 Å². The lowest BCUT2D eigenvalue weighted by Crippen LogP contribution is -2.01. The molecule has 2 aromatic rings. The summed E-state index contributed by atoms with van der Waals surface area (Å²) in [5, 5.41) is 10.4. The topological polar surface area (TPSA) is 68.4 Å². The molecule has 0 unspecified atom stereocenters. The van der Waals surface area contributed by atoms with E-state index in [4.69, 9.17) is 23.2 Å². The van der Waals surface area contributed by atoms with Crippen LogP contribution in [0.1, 0.15) is 5.56 Å². The van der Waals surface area contributed by atoms with Gasteiger partial charge in [0, 0.05) is 6.07 Å². The van der Waals surface area contributed by atoms with E-state index in [0.29, 0.717) is 0 Å². The molecule has 21 heavy (non-hydrogen) atoms. The molecule has 0 radical (unpaired) electrons. The third-order valence-electron chi connectivity index (χ3n) is 2.43. The number of benzene rings is 1. The summed E-state index contributed by atoms with van der Waals surface area (Å²) in [6.07, 6.45) is 1.49. The lowest BCUT2D eigenvalue weighted by atomic mass is 10.2. The van der Waals surface area contributed by atoms with E-state index in [2.05, 4.69) is 9.98 Å². The van der Waals surface area contributed by atoms with Crippen LogP contribution in [0, 0.1) is 21.7 Å². The van der Waals surface area contributed by atoms with Gasteiger partial charge in [0.15, 0.2) is 11.6 Å². The number of rotatable bonds is 3. The van der Waals surface area contributed by atoms with Crippen LogP contribution in [0.4, 0.5) is 20.2 Å². The fourth-order valence-corrected chi connectivity index (χ4v) is 2.13. The largest absolute Gasteiger partial charge is 0.281 e. The zero-order chi connectivity index (χ0) is 15.6. The third kappa shape index (κ3) is 3.14. The second-order valence-corrected chi connectivity index (χ2v) is 4.51. The van der Waals surface area contributed by atoms with Crippen LogP contribution < -0.4 is 0 Å². The molecular weight excluding hydrogens is 327 g/mol. The van der Waals surface area contributed by atoms with Crippen LogP contribution in [0.5, 0.6) is 0 Å². The monoisotopic (exact) mass is 331 g/mol. The molecule has 108 valence electrons. The molecule has 1 heterocycles. The van der Waals surface area contributed by atoms with Crippen molar-refractivity contribution in [3.63, 3.8) is 0 Å². The predicted octanol–water partition coefficient (Wildman–Crippen LogP) is 4.24. The fraction of sp³-hybridized carbons (Fsp3) is 0. The second-order valence-electron chi connectivity index (χ2n) is 3.75. The van der Waals surface area contributed by atoms with Gasteiger partial charge >= 0.3 is 0 Å². The highest BCUT2D eigenvalue weighted by atomic mass is 35.5. The summed E-state index contributed by atoms with van der Waals surface area (Å²) < 4.78 is 26.9. The van der Waals surface area contributed by atoms with Gasteiger partial charge in [-0.15, -0.1) is 0 Å². The van der Waals surface area contributed by atoms with E-state index in [1.165, 1.54) is 12.1 Å². The van der Waals surface area contributed by atoms with Crippen LogP contribution in [0.3, 0.4) is 0 Å². The highest BCUT2D eigenvalue weighted by Crippen LogP contribution is 2.30. The Labute approximate surface area is 127 Å². The Bertz CT molecular complexity index is 733. The minimum Gasteiger partial charge on any atom is -0.258 e. The second kappa shape index (κ2) is 6.11. The first-order valence-corrected chi connectivity index (χ1v) is 6.14. The van der Waals surface area contributed by atoms with Crippen molar-refractivity contribution in [3.05, 3.63) is 62.9 Å². The van der Waals surface area contributed by atoms with Crippen LogP contribution >= 0.6 is 23.2 Å². The summed E-state index contributed by atoms with van der Waals surface area (Å²) in [6.45, 7) is 0.